The third-order valence-corrected chi connectivity index (χ3v) is 2.91. The van der Waals surface area contributed by atoms with Crippen LogP contribution in [0, 0.1) is 5.92 Å². The Kier molecular flexibility index (Phi) is 5.59. The van der Waals surface area contributed by atoms with Crippen LogP contribution in [0.15, 0.2) is 0 Å². The molecule has 0 heterocycles. The zero-order valence-electron chi connectivity index (χ0n) is 8.43. The number of carboxylic acid groups (broad SMARTS) is 1. The van der Waals surface area contributed by atoms with Crippen LogP contribution in [0.4, 0.5) is 0 Å². The van der Waals surface area contributed by atoms with E-state index in [-0.39, 0.29) is 18.3 Å². The summed E-state index contributed by atoms with van der Waals surface area (Å²) in [6.45, 7) is 0. The molecule has 1 aliphatic carbocycles. The van der Waals surface area contributed by atoms with Crippen LogP contribution >= 0.6 is 12.4 Å². The van der Waals surface area contributed by atoms with Gasteiger partial charge in [-0.15, -0.1) is 12.4 Å². The van der Waals surface area contributed by atoms with Crippen LogP contribution in [-0.2, 0) is 4.79 Å². The molecule has 0 aromatic rings. The van der Waals surface area contributed by atoms with Gasteiger partial charge in [-0.25, -0.2) is 0 Å². The van der Waals surface area contributed by atoms with Crippen molar-refractivity contribution in [1.82, 2.24) is 0 Å². The summed E-state index contributed by atoms with van der Waals surface area (Å²) in [6, 6.07) is 0. The summed E-state index contributed by atoms with van der Waals surface area (Å²) >= 11 is 0. The van der Waals surface area contributed by atoms with Crippen LogP contribution in [0.1, 0.15) is 25.7 Å². The quantitative estimate of drug-likeness (QED) is 0.509. The minimum absolute atomic E-state index is 0. The second kappa shape index (κ2) is 5.70. The van der Waals surface area contributed by atoms with Gasteiger partial charge in [-0.2, -0.15) is 0 Å². The van der Waals surface area contributed by atoms with Gasteiger partial charge in [0.25, 0.3) is 0 Å². The fraction of sp³-hybridized carbons (Fsp3) is 0.875. The van der Waals surface area contributed by atoms with Crippen LogP contribution in [0.25, 0.3) is 0 Å². The number of carboxylic acids is 1. The van der Waals surface area contributed by atoms with E-state index in [1.54, 1.807) is 0 Å². The second-order valence-electron chi connectivity index (χ2n) is 4.13. The molecular formula is C8H17BClNO4. The molecule has 0 aliphatic heterocycles. The zero-order valence-corrected chi connectivity index (χ0v) is 9.24. The Hall–Kier alpha value is -0.295. The third kappa shape index (κ3) is 3.99. The summed E-state index contributed by atoms with van der Waals surface area (Å²) in [6.07, 6.45) is 2.60. The molecule has 0 saturated heterocycles. The van der Waals surface area contributed by atoms with Gasteiger partial charge in [0, 0.05) is 0 Å². The molecule has 1 rings (SSSR count). The number of aliphatic carboxylic acids is 1. The van der Waals surface area contributed by atoms with Crippen LogP contribution in [0.5, 0.6) is 0 Å². The Morgan fingerprint density at radius 3 is 2.53 bits per heavy atom. The fourth-order valence-corrected chi connectivity index (χ4v) is 2.01. The summed E-state index contributed by atoms with van der Waals surface area (Å²) in [5.74, 6) is -0.748. The molecule has 0 spiro atoms. The van der Waals surface area contributed by atoms with Crippen molar-refractivity contribution >= 4 is 25.5 Å². The van der Waals surface area contributed by atoms with Crippen LogP contribution in [0.2, 0.25) is 6.32 Å². The lowest BCUT2D eigenvalue weighted by Gasteiger charge is -2.18. The van der Waals surface area contributed by atoms with Crippen LogP contribution in [-0.4, -0.2) is 33.8 Å². The monoisotopic (exact) mass is 237 g/mol. The van der Waals surface area contributed by atoms with Gasteiger partial charge in [0.05, 0.1) is 0 Å². The second-order valence-corrected chi connectivity index (χ2v) is 4.13. The third-order valence-electron chi connectivity index (χ3n) is 2.91. The molecule has 7 heteroatoms. The predicted octanol–water partition coefficient (Wildman–Crippen LogP) is -0.147. The molecule has 88 valence electrons. The Labute approximate surface area is 95.2 Å². The van der Waals surface area contributed by atoms with Crippen molar-refractivity contribution in [1.29, 1.82) is 0 Å². The molecule has 5 N–H and O–H groups in total. The van der Waals surface area contributed by atoms with Gasteiger partial charge in [-0.1, -0.05) is 6.42 Å². The molecular weight excluding hydrogens is 220 g/mol. The molecule has 15 heavy (non-hydrogen) atoms. The Morgan fingerprint density at radius 2 is 2.13 bits per heavy atom. The van der Waals surface area contributed by atoms with Gasteiger partial charge in [-0.05, 0) is 31.5 Å². The molecule has 1 aliphatic rings. The topological polar surface area (TPSA) is 104 Å². The number of rotatable bonds is 4. The highest BCUT2D eigenvalue weighted by Crippen LogP contribution is 2.35. The number of nitrogens with two attached hydrogens (primary N) is 1. The molecule has 0 amide bonds. The first-order chi connectivity index (χ1) is 6.44. The van der Waals surface area contributed by atoms with Crippen molar-refractivity contribution < 1.29 is 19.9 Å². The van der Waals surface area contributed by atoms with Gasteiger partial charge < -0.3 is 20.9 Å². The lowest BCUT2D eigenvalue weighted by Crippen LogP contribution is -2.45. The first-order valence-electron chi connectivity index (χ1n) is 4.82. The van der Waals surface area contributed by atoms with Crippen molar-refractivity contribution in [2.75, 3.05) is 0 Å². The maximum absolute atomic E-state index is 10.8. The van der Waals surface area contributed by atoms with E-state index in [9.17, 15) is 4.79 Å². The fourth-order valence-electron chi connectivity index (χ4n) is 2.01. The Balaban J connectivity index is 0.00000196. The normalized spacial score (nSPS) is 29.7. The smallest absolute Gasteiger partial charge is 0.451 e. The van der Waals surface area contributed by atoms with Crippen molar-refractivity contribution in [3.05, 3.63) is 0 Å². The highest BCUT2D eigenvalue weighted by Gasteiger charge is 2.41. The van der Waals surface area contributed by atoms with E-state index in [0.29, 0.717) is 25.6 Å². The number of hydrogen-bond donors (Lipinski definition) is 4. The highest BCUT2D eigenvalue weighted by atomic mass is 35.5. The van der Waals surface area contributed by atoms with Crippen LogP contribution < -0.4 is 5.73 Å². The minimum atomic E-state index is -1.30. The average Bonchev–Trinajstić information content (AvgIpc) is 2.45. The predicted molar refractivity (Wildman–Crippen MR) is 58.8 cm³/mol. The first-order valence-corrected chi connectivity index (χ1v) is 4.82. The maximum Gasteiger partial charge on any atom is 0.451 e. The standard InChI is InChI=1S/C8H16BNO4.ClH/c10-8(7(11)12)3-1-6(5-8)2-4-9(13)14;/h6,13-14H,1-5,10H2,(H,11,12);1H. The number of halogens is 1. The molecule has 0 bridgehead atoms. The van der Waals surface area contributed by atoms with E-state index >= 15 is 0 Å². The molecule has 1 saturated carbocycles. The summed E-state index contributed by atoms with van der Waals surface area (Å²) in [5.41, 5.74) is 4.58. The van der Waals surface area contributed by atoms with Gasteiger partial charge in [0.2, 0.25) is 0 Å². The Bertz CT molecular complexity index is 229. The molecule has 0 radical (unpaired) electrons. The van der Waals surface area contributed by atoms with E-state index in [0.717, 1.165) is 6.42 Å². The maximum atomic E-state index is 10.8. The van der Waals surface area contributed by atoms with E-state index < -0.39 is 18.6 Å². The van der Waals surface area contributed by atoms with Crippen LogP contribution in [0.3, 0.4) is 0 Å². The molecule has 2 atom stereocenters. The Morgan fingerprint density at radius 1 is 1.53 bits per heavy atom. The van der Waals surface area contributed by atoms with Crippen molar-refractivity contribution in [2.45, 2.75) is 37.5 Å². The van der Waals surface area contributed by atoms with Crippen molar-refractivity contribution in [3.8, 4) is 0 Å². The van der Waals surface area contributed by atoms with Gasteiger partial charge in [0.1, 0.15) is 5.54 Å². The highest BCUT2D eigenvalue weighted by molar-refractivity contribution is 6.40. The van der Waals surface area contributed by atoms with E-state index in [2.05, 4.69) is 0 Å². The van der Waals surface area contributed by atoms with Gasteiger partial charge in [-0.3, -0.25) is 4.79 Å². The molecule has 2 unspecified atom stereocenters. The molecule has 0 aromatic heterocycles. The van der Waals surface area contributed by atoms with E-state index in [1.807, 2.05) is 0 Å². The van der Waals surface area contributed by atoms with Gasteiger partial charge >= 0.3 is 13.1 Å². The number of carbonyl (C=O) groups is 1. The van der Waals surface area contributed by atoms with Crippen molar-refractivity contribution in [2.24, 2.45) is 11.7 Å². The summed E-state index contributed by atoms with van der Waals surface area (Å²) in [7, 11) is -1.30. The SMILES string of the molecule is Cl.NC1(C(=O)O)CCC(CCB(O)O)C1. The first kappa shape index (κ1) is 14.7. The lowest BCUT2D eigenvalue weighted by atomic mass is 9.80. The van der Waals surface area contributed by atoms with Crippen molar-refractivity contribution in [3.63, 3.8) is 0 Å². The molecule has 1 fully saturated rings. The van der Waals surface area contributed by atoms with E-state index in [1.165, 1.54) is 0 Å². The molecule has 5 nitrogen and oxygen atoms in total. The minimum Gasteiger partial charge on any atom is -0.480 e. The summed E-state index contributed by atoms with van der Waals surface area (Å²) < 4.78 is 0. The zero-order chi connectivity index (χ0) is 10.8. The number of hydrogen-bond acceptors (Lipinski definition) is 4. The summed E-state index contributed by atoms with van der Waals surface area (Å²) in [4.78, 5) is 10.8. The average molecular weight is 237 g/mol. The summed E-state index contributed by atoms with van der Waals surface area (Å²) in [5, 5.41) is 26.2. The largest absolute Gasteiger partial charge is 0.480 e. The lowest BCUT2D eigenvalue weighted by molar-refractivity contribution is -0.143. The van der Waals surface area contributed by atoms with E-state index in [4.69, 9.17) is 20.9 Å². The van der Waals surface area contributed by atoms with Gasteiger partial charge in [0.15, 0.2) is 0 Å². The molecule has 0 aromatic carbocycles.